The summed E-state index contributed by atoms with van der Waals surface area (Å²) in [5.74, 6) is 0.702. The van der Waals surface area contributed by atoms with Crippen molar-refractivity contribution in [1.29, 1.82) is 0 Å². The topological polar surface area (TPSA) is 38.5 Å². The van der Waals surface area contributed by atoms with E-state index >= 15 is 0 Å². The second-order valence-electron chi connectivity index (χ2n) is 5.59. The van der Waals surface area contributed by atoms with Gasteiger partial charge in [-0.15, -0.1) is 0 Å². The average Bonchev–Trinajstić information content (AvgIpc) is 2.41. The van der Waals surface area contributed by atoms with Gasteiger partial charge >= 0.3 is 0 Å². The Morgan fingerprint density at radius 2 is 2.05 bits per heavy atom. The largest absolute Gasteiger partial charge is 0.380 e. The summed E-state index contributed by atoms with van der Waals surface area (Å²) in [6, 6.07) is 9.07. The lowest BCUT2D eigenvalue weighted by Gasteiger charge is -2.39. The third-order valence-electron chi connectivity index (χ3n) is 4.26. The van der Waals surface area contributed by atoms with Crippen molar-refractivity contribution in [1.82, 2.24) is 4.90 Å². The number of hydrogen-bond acceptors (Lipinski definition) is 3. The van der Waals surface area contributed by atoms with E-state index in [1.807, 2.05) is 0 Å². The van der Waals surface area contributed by atoms with Crippen LogP contribution in [0.4, 0.5) is 0 Å². The normalized spacial score (nSPS) is 24.6. The van der Waals surface area contributed by atoms with Gasteiger partial charge in [0, 0.05) is 26.2 Å². The first kappa shape index (κ1) is 14.5. The highest BCUT2D eigenvalue weighted by Gasteiger charge is 2.27. The van der Waals surface area contributed by atoms with Gasteiger partial charge in [-0.1, -0.05) is 31.2 Å². The molecule has 106 valence electrons. The van der Waals surface area contributed by atoms with E-state index < -0.39 is 0 Å². The maximum absolute atomic E-state index is 5.97. The molecule has 0 bridgehead atoms. The lowest BCUT2D eigenvalue weighted by atomic mass is 9.90. The molecule has 3 heteroatoms. The molecule has 0 aromatic heterocycles. The minimum Gasteiger partial charge on any atom is -0.380 e. The minimum atomic E-state index is 0.518. The molecule has 1 aromatic carbocycles. The van der Waals surface area contributed by atoms with Crippen LogP contribution in [0.2, 0.25) is 0 Å². The lowest BCUT2D eigenvalue weighted by molar-refractivity contribution is 0.0977. The molecule has 3 nitrogen and oxygen atoms in total. The zero-order chi connectivity index (χ0) is 13.7. The second-order valence-corrected chi connectivity index (χ2v) is 5.59. The van der Waals surface area contributed by atoms with E-state index in [4.69, 9.17) is 10.5 Å². The van der Waals surface area contributed by atoms with E-state index in [1.165, 1.54) is 24.0 Å². The van der Waals surface area contributed by atoms with Crippen molar-refractivity contribution in [3.05, 3.63) is 35.4 Å². The van der Waals surface area contributed by atoms with Gasteiger partial charge < -0.3 is 10.5 Å². The SMILES string of the molecule is COCc1ccccc1CN1CCCC(C)C1CN. The summed E-state index contributed by atoms with van der Waals surface area (Å²) >= 11 is 0. The number of piperidine rings is 1. The molecule has 1 fully saturated rings. The summed E-state index contributed by atoms with van der Waals surface area (Å²) in [5.41, 5.74) is 8.63. The van der Waals surface area contributed by atoms with Gasteiger partial charge in [-0.05, 0) is 36.4 Å². The van der Waals surface area contributed by atoms with Crippen molar-refractivity contribution in [2.75, 3.05) is 20.2 Å². The Bertz CT molecular complexity index is 394. The van der Waals surface area contributed by atoms with E-state index in [0.29, 0.717) is 18.6 Å². The van der Waals surface area contributed by atoms with Gasteiger partial charge in [-0.25, -0.2) is 0 Å². The van der Waals surface area contributed by atoms with Crippen LogP contribution in [0.25, 0.3) is 0 Å². The summed E-state index contributed by atoms with van der Waals surface area (Å²) in [5, 5.41) is 0. The number of likely N-dealkylation sites (tertiary alicyclic amines) is 1. The Morgan fingerprint density at radius 1 is 1.32 bits per heavy atom. The predicted octanol–water partition coefficient (Wildman–Crippen LogP) is 2.39. The van der Waals surface area contributed by atoms with Crippen LogP contribution in [0.1, 0.15) is 30.9 Å². The Labute approximate surface area is 116 Å². The van der Waals surface area contributed by atoms with Crippen LogP contribution in [-0.4, -0.2) is 31.1 Å². The monoisotopic (exact) mass is 262 g/mol. The van der Waals surface area contributed by atoms with Crippen molar-refractivity contribution in [2.24, 2.45) is 11.7 Å². The molecule has 2 N–H and O–H groups in total. The molecule has 1 aromatic rings. The molecule has 2 atom stereocenters. The van der Waals surface area contributed by atoms with Crippen LogP contribution in [0.15, 0.2) is 24.3 Å². The standard InChI is InChI=1S/C16H26N2O/c1-13-6-5-9-18(16(13)10-17)11-14-7-3-4-8-15(14)12-19-2/h3-4,7-8,13,16H,5-6,9-12,17H2,1-2H3. The summed E-state index contributed by atoms with van der Waals surface area (Å²) in [6.07, 6.45) is 2.59. The van der Waals surface area contributed by atoms with Crippen molar-refractivity contribution in [2.45, 2.75) is 39.0 Å². The highest BCUT2D eigenvalue weighted by Crippen LogP contribution is 2.25. The van der Waals surface area contributed by atoms with Crippen molar-refractivity contribution >= 4 is 0 Å². The first-order valence-corrected chi connectivity index (χ1v) is 7.26. The molecule has 1 heterocycles. The molecule has 0 saturated carbocycles. The van der Waals surface area contributed by atoms with Gasteiger partial charge in [0.25, 0.3) is 0 Å². The number of benzene rings is 1. The van der Waals surface area contributed by atoms with Gasteiger partial charge in [-0.3, -0.25) is 4.90 Å². The predicted molar refractivity (Wildman–Crippen MR) is 78.8 cm³/mol. The molecule has 1 saturated heterocycles. The smallest absolute Gasteiger partial charge is 0.0716 e. The fraction of sp³-hybridized carbons (Fsp3) is 0.625. The second kappa shape index (κ2) is 7.04. The third-order valence-corrected chi connectivity index (χ3v) is 4.26. The van der Waals surface area contributed by atoms with Crippen molar-refractivity contribution < 1.29 is 4.74 Å². The van der Waals surface area contributed by atoms with Crippen LogP contribution in [0.5, 0.6) is 0 Å². The molecule has 0 radical (unpaired) electrons. The molecule has 1 aliphatic rings. The quantitative estimate of drug-likeness (QED) is 0.885. The van der Waals surface area contributed by atoms with Gasteiger partial charge in [-0.2, -0.15) is 0 Å². The molecule has 1 aliphatic heterocycles. The summed E-state index contributed by atoms with van der Waals surface area (Å²) in [4.78, 5) is 2.54. The van der Waals surface area contributed by atoms with E-state index in [0.717, 1.165) is 19.6 Å². The molecule has 0 aliphatic carbocycles. The van der Waals surface area contributed by atoms with E-state index in [-0.39, 0.29) is 0 Å². The molecular formula is C16H26N2O. The summed E-state index contributed by atoms with van der Waals surface area (Å²) in [6.45, 7) is 5.92. The van der Waals surface area contributed by atoms with Gasteiger partial charge in [0.2, 0.25) is 0 Å². The van der Waals surface area contributed by atoms with E-state index in [1.54, 1.807) is 7.11 Å². The van der Waals surface area contributed by atoms with Gasteiger partial charge in [0.15, 0.2) is 0 Å². The zero-order valence-corrected chi connectivity index (χ0v) is 12.1. The number of rotatable bonds is 5. The molecule has 2 rings (SSSR count). The fourth-order valence-electron chi connectivity index (χ4n) is 3.14. The number of ether oxygens (including phenoxy) is 1. The van der Waals surface area contributed by atoms with Crippen LogP contribution in [0.3, 0.4) is 0 Å². The highest BCUT2D eigenvalue weighted by atomic mass is 16.5. The summed E-state index contributed by atoms with van der Waals surface area (Å²) in [7, 11) is 1.75. The number of nitrogens with two attached hydrogens (primary N) is 1. The number of methoxy groups -OCH3 is 1. The first-order chi connectivity index (χ1) is 9.26. The minimum absolute atomic E-state index is 0.518. The van der Waals surface area contributed by atoms with E-state index in [9.17, 15) is 0 Å². The Kier molecular flexibility index (Phi) is 5.37. The average molecular weight is 262 g/mol. The van der Waals surface area contributed by atoms with Gasteiger partial charge in [0.1, 0.15) is 0 Å². The third kappa shape index (κ3) is 3.56. The van der Waals surface area contributed by atoms with Crippen LogP contribution < -0.4 is 5.73 Å². The molecule has 0 spiro atoms. The van der Waals surface area contributed by atoms with Crippen LogP contribution in [-0.2, 0) is 17.9 Å². The maximum Gasteiger partial charge on any atom is 0.0716 e. The molecule has 19 heavy (non-hydrogen) atoms. The maximum atomic E-state index is 5.97. The van der Waals surface area contributed by atoms with Crippen LogP contribution in [0, 0.1) is 5.92 Å². The van der Waals surface area contributed by atoms with E-state index in [2.05, 4.69) is 36.1 Å². The molecule has 2 unspecified atom stereocenters. The lowest BCUT2D eigenvalue weighted by Crippen LogP contribution is -2.48. The van der Waals surface area contributed by atoms with Crippen molar-refractivity contribution in [3.8, 4) is 0 Å². The highest BCUT2D eigenvalue weighted by molar-refractivity contribution is 5.26. The zero-order valence-electron chi connectivity index (χ0n) is 12.1. The Hall–Kier alpha value is -0.900. The Morgan fingerprint density at radius 3 is 2.74 bits per heavy atom. The fourth-order valence-corrected chi connectivity index (χ4v) is 3.14. The number of nitrogens with zero attached hydrogens (tertiary/aromatic N) is 1. The van der Waals surface area contributed by atoms with Crippen molar-refractivity contribution in [3.63, 3.8) is 0 Å². The number of hydrogen-bond donors (Lipinski definition) is 1. The molecular weight excluding hydrogens is 236 g/mol. The van der Waals surface area contributed by atoms with Crippen LogP contribution >= 0.6 is 0 Å². The molecule has 0 amide bonds. The van der Waals surface area contributed by atoms with Gasteiger partial charge in [0.05, 0.1) is 6.61 Å². The summed E-state index contributed by atoms with van der Waals surface area (Å²) < 4.78 is 5.29. The first-order valence-electron chi connectivity index (χ1n) is 7.26. The Balaban J connectivity index is 2.11.